The van der Waals surface area contributed by atoms with Crippen LogP contribution >= 0.6 is 0 Å². The molecule has 0 aliphatic carbocycles. The van der Waals surface area contributed by atoms with E-state index in [2.05, 4.69) is 55.8 Å². The lowest BCUT2D eigenvalue weighted by atomic mass is 10.2. The predicted molar refractivity (Wildman–Crippen MR) is 78.1 cm³/mol. The fraction of sp³-hybridized carbons (Fsp3) is 0.400. The van der Waals surface area contributed by atoms with Crippen LogP contribution in [0.1, 0.15) is 12.0 Å². The van der Waals surface area contributed by atoms with Crippen LogP contribution in [0.25, 0.3) is 0 Å². The van der Waals surface area contributed by atoms with Crippen molar-refractivity contribution in [3.05, 3.63) is 48.6 Å². The second kappa shape index (κ2) is 7.71. The highest BCUT2D eigenvalue weighted by Gasteiger charge is 2.14. The third-order valence-corrected chi connectivity index (χ3v) is 2.92. The van der Waals surface area contributed by atoms with Crippen molar-refractivity contribution in [2.45, 2.75) is 13.0 Å². The van der Waals surface area contributed by atoms with Crippen molar-refractivity contribution in [3.8, 4) is 0 Å². The van der Waals surface area contributed by atoms with E-state index in [1.165, 1.54) is 11.6 Å². The third kappa shape index (κ3) is 6.74. The lowest BCUT2D eigenvalue weighted by Gasteiger charge is -2.30. The van der Waals surface area contributed by atoms with Crippen LogP contribution in [-0.4, -0.2) is 37.6 Å². The number of amides is 1. The molecule has 0 saturated carbocycles. The summed E-state index contributed by atoms with van der Waals surface area (Å²) in [5.41, 5.74) is 6.79. The quantitative estimate of drug-likeness (QED) is 0.322. The van der Waals surface area contributed by atoms with Crippen LogP contribution in [0.2, 0.25) is 0 Å². The number of nitrogens with one attached hydrogen (secondary N) is 2. The molecule has 1 aromatic carbocycles. The molecule has 0 atom stereocenters. The second-order valence-corrected chi connectivity index (χ2v) is 5.28. The van der Waals surface area contributed by atoms with E-state index < -0.39 is 0 Å². The number of hydrogen-bond acceptors (Lipinski definition) is 2. The van der Waals surface area contributed by atoms with Gasteiger partial charge in [-0.2, -0.15) is 0 Å². The van der Waals surface area contributed by atoms with E-state index in [-0.39, 0.29) is 5.91 Å². The molecule has 0 bridgehead atoms. The van der Waals surface area contributed by atoms with Crippen LogP contribution in [0, 0.1) is 0 Å². The van der Waals surface area contributed by atoms with Gasteiger partial charge >= 0.3 is 0 Å². The maximum absolute atomic E-state index is 10.9. The highest BCUT2D eigenvalue weighted by atomic mass is 16.2. The summed E-state index contributed by atoms with van der Waals surface area (Å²) >= 11 is 0. The van der Waals surface area contributed by atoms with Crippen LogP contribution in [0.5, 0.6) is 0 Å². The fourth-order valence-electron chi connectivity index (χ4n) is 1.95. The van der Waals surface area contributed by atoms with Crippen molar-refractivity contribution in [2.75, 3.05) is 27.2 Å². The SMILES string of the molecule is C=CC(=O)NNCCC[N+](C)(C)Cc1ccccc1. The number of carbonyl (C=O) groups excluding carboxylic acids is 1. The Kier molecular flexibility index (Phi) is 6.25. The van der Waals surface area contributed by atoms with Gasteiger partial charge in [0.05, 0.1) is 20.6 Å². The van der Waals surface area contributed by atoms with Gasteiger partial charge in [-0.25, -0.2) is 5.43 Å². The zero-order valence-electron chi connectivity index (χ0n) is 11.9. The summed E-state index contributed by atoms with van der Waals surface area (Å²) in [6, 6.07) is 10.5. The molecule has 4 nitrogen and oxygen atoms in total. The maximum atomic E-state index is 10.9. The molecule has 0 radical (unpaired) electrons. The van der Waals surface area contributed by atoms with E-state index >= 15 is 0 Å². The van der Waals surface area contributed by atoms with Crippen molar-refractivity contribution in [2.24, 2.45) is 0 Å². The zero-order valence-corrected chi connectivity index (χ0v) is 11.9. The molecule has 1 rings (SSSR count). The fourth-order valence-corrected chi connectivity index (χ4v) is 1.95. The first kappa shape index (κ1) is 15.4. The molecule has 1 amide bonds. The topological polar surface area (TPSA) is 41.1 Å². The van der Waals surface area contributed by atoms with E-state index in [1.54, 1.807) is 0 Å². The van der Waals surface area contributed by atoms with Gasteiger partial charge in [0.1, 0.15) is 6.54 Å². The number of benzene rings is 1. The maximum Gasteiger partial charge on any atom is 0.257 e. The standard InChI is InChI=1S/C15H23N3O/c1-4-15(19)17-16-11-8-12-18(2,3)13-14-9-6-5-7-10-14/h4-7,9-10,16H,1,8,11-13H2,2-3H3/p+1. The Morgan fingerprint density at radius 1 is 1.32 bits per heavy atom. The number of hydrazine groups is 1. The molecule has 0 saturated heterocycles. The summed E-state index contributed by atoms with van der Waals surface area (Å²) in [7, 11) is 4.44. The van der Waals surface area contributed by atoms with Crippen molar-refractivity contribution in [3.63, 3.8) is 0 Å². The van der Waals surface area contributed by atoms with Gasteiger partial charge in [-0.15, -0.1) is 0 Å². The zero-order chi connectivity index (χ0) is 14.1. The average Bonchev–Trinajstić information content (AvgIpc) is 2.38. The highest BCUT2D eigenvalue weighted by Crippen LogP contribution is 2.09. The summed E-state index contributed by atoms with van der Waals surface area (Å²) in [5, 5.41) is 0. The van der Waals surface area contributed by atoms with E-state index in [9.17, 15) is 4.79 Å². The van der Waals surface area contributed by atoms with Gasteiger partial charge in [-0.1, -0.05) is 36.9 Å². The van der Waals surface area contributed by atoms with E-state index in [0.29, 0.717) is 0 Å². The van der Waals surface area contributed by atoms with E-state index in [4.69, 9.17) is 0 Å². The van der Waals surface area contributed by atoms with Gasteiger partial charge in [0, 0.05) is 18.5 Å². The highest BCUT2D eigenvalue weighted by molar-refractivity contribution is 5.86. The Labute approximate surface area is 115 Å². The monoisotopic (exact) mass is 262 g/mol. The van der Waals surface area contributed by atoms with Gasteiger partial charge in [0.25, 0.3) is 5.91 Å². The molecule has 0 aromatic heterocycles. The Morgan fingerprint density at radius 3 is 2.63 bits per heavy atom. The van der Waals surface area contributed by atoms with Gasteiger partial charge in [0.15, 0.2) is 0 Å². The van der Waals surface area contributed by atoms with E-state index in [0.717, 1.165) is 30.5 Å². The van der Waals surface area contributed by atoms with Crippen molar-refractivity contribution in [1.82, 2.24) is 10.9 Å². The first-order chi connectivity index (χ1) is 9.03. The summed E-state index contributed by atoms with van der Waals surface area (Å²) in [5.74, 6) is -0.196. The minimum absolute atomic E-state index is 0.196. The molecule has 0 unspecified atom stereocenters. The summed E-state index contributed by atoms with van der Waals surface area (Å²) < 4.78 is 0.932. The molecule has 4 heteroatoms. The number of hydrogen-bond donors (Lipinski definition) is 2. The van der Waals surface area contributed by atoms with Gasteiger partial charge in [0.2, 0.25) is 0 Å². The van der Waals surface area contributed by atoms with Crippen LogP contribution in [-0.2, 0) is 11.3 Å². The van der Waals surface area contributed by atoms with Gasteiger partial charge in [-0.3, -0.25) is 10.2 Å². The van der Waals surface area contributed by atoms with Crippen LogP contribution in [0.3, 0.4) is 0 Å². The number of rotatable bonds is 8. The molecule has 0 fully saturated rings. The Morgan fingerprint density at radius 2 is 2.00 bits per heavy atom. The first-order valence-electron chi connectivity index (χ1n) is 6.55. The molecule has 0 heterocycles. The molecule has 104 valence electrons. The van der Waals surface area contributed by atoms with Gasteiger partial charge in [-0.05, 0) is 6.08 Å². The molecule has 0 aliphatic rings. The average molecular weight is 262 g/mol. The molecule has 0 spiro atoms. The lowest BCUT2D eigenvalue weighted by Crippen LogP contribution is -2.42. The Hall–Kier alpha value is -1.65. The molecular formula is C15H24N3O+. The molecule has 1 aromatic rings. The summed E-state index contributed by atoms with van der Waals surface area (Å²) in [4.78, 5) is 10.9. The minimum atomic E-state index is -0.196. The van der Waals surface area contributed by atoms with Crippen molar-refractivity contribution < 1.29 is 9.28 Å². The third-order valence-electron chi connectivity index (χ3n) is 2.92. The van der Waals surface area contributed by atoms with Crippen molar-refractivity contribution in [1.29, 1.82) is 0 Å². The molecule has 2 N–H and O–H groups in total. The minimum Gasteiger partial charge on any atom is -0.325 e. The van der Waals surface area contributed by atoms with Crippen LogP contribution in [0.4, 0.5) is 0 Å². The van der Waals surface area contributed by atoms with Crippen LogP contribution in [0.15, 0.2) is 43.0 Å². The predicted octanol–water partition coefficient (Wildman–Crippen LogP) is 1.46. The van der Waals surface area contributed by atoms with Gasteiger partial charge < -0.3 is 4.48 Å². The van der Waals surface area contributed by atoms with E-state index in [1.807, 2.05) is 6.07 Å². The number of quaternary nitrogens is 1. The Balaban J connectivity index is 2.23. The number of carbonyl (C=O) groups is 1. The number of nitrogens with zero attached hydrogens (tertiary/aromatic N) is 1. The molecular weight excluding hydrogens is 238 g/mol. The Bertz CT molecular complexity index is 401. The normalized spacial score (nSPS) is 11.1. The molecule has 19 heavy (non-hydrogen) atoms. The smallest absolute Gasteiger partial charge is 0.257 e. The van der Waals surface area contributed by atoms with Crippen LogP contribution < -0.4 is 10.9 Å². The first-order valence-corrected chi connectivity index (χ1v) is 6.55. The summed E-state index contributed by atoms with van der Waals surface area (Å²) in [6.07, 6.45) is 2.25. The summed E-state index contributed by atoms with van der Waals surface area (Å²) in [6.45, 7) is 6.21. The second-order valence-electron chi connectivity index (χ2n) is 5.28. The molecule has 0 aliphatic heterocycles. The largest absolute Gasteiger partial charge is 0.325 e. The lowest BCUT2D eigenvalue weighted by molar-refractivity contribution is -0.903. The van der Waals surface area contributed by atoms with Crippen molar-refractivity contribution >= 4 is 5.91 Å².